The van der Waals surface area contributed by atoms with E-state index in [2.05, 4.69) is 15.5 Å². The van der Waals surface area contributed by atoms with E-state index in [0.717, 1.165) is 18.3 Å². The van der Waals surface area contributed by atoms with Crippen molar-refractivity contribution in [3.8, 4) is 5.75 Å². The second kappa shape index (κ2) is 6.64. The third-order valence-electron chi connectivity index (χ3n) is 2.58. The van der Waals surface area contributed by atoms with E-state index in [-0.39, 0.29) is 27.7 Å². The molecule has 1 heterocycles. The zero-order valence-electron chi connectivity index (χ0n) is 10.9. The first-order valence-electron chi connectivity index (χ1n) is 5.90. The van der Waals surface area contributed by atoms with E-state index in [1.807, 2.05) is 0 Å². The van der Waals surface area contributed by atoms with Crippen molar-refractivity contribution in [1.29, 1.82) is 0 Å². The van der Waals surface area contributed by atoms with Crippen molar-refractivity contribution in [2.24, 2.45) is 5.10 Å². The van der Waals surface area contributed by atoms with Gasteiger partial charge in [-0.1, -0.05) is 11.6 Å². The summed E-state index contributed by atoms with van der Waals surface area (Å²) in [5, 5.41) is 23.8. The number of rotatable bonds is 4. The summed E-state index contributed by atoms with van der Waals surface area (Å²) in [5.41, 5.74) is 2.08. The number of phenols is 1. The predicted molar refractivity (Wildman–Crippen MR) is 79.1 cm³/mol. The van der Waals surface area contributed by atoms with Crippen LogP contribution < -0.4 is 5.43 Å². The van der Waals surface area contributed by atoms with Gasteiger partial charge in [0.2, 0.25) is 0 Å². The normalized spacial score (nSPS) is 10.6. The highest BCUT2D eigenvalue weighted by molar-refractivity contribution is 6.32. The Morgan fingerprint density at radius 1 is 1.45 bits per heavy atom. The van der Waals surface area contributed by atoms with Gasteiger partial charge >= 0.3 is 0 Å². The number of phenolic OH excluding ortho intramolecular Hbond substituents is 1. The molecule has 0 aliphatic heterocycles. The van der Waals surface area contributed by atoms with Crippen molar-refractivity contribution in [2.75, 3.05) is 0 Å². The number of nitrogens with one attached hydrogen (secondary N) is 1. The molecule has 0 unspecified atom stereocenters. The number of nitrogens with zero attached hydrogens (tertiary/aromatic N) is 3. The fraction of sp³-hybridized carbons (Fsp3) is 0. The highest BCUT2D eigenvalue weighted by Gasteiger charge is 2.13. The van der Waals surface area contributed by atoms with Gasteiger partial charge in [0.05, 0.1) is 22.3 Å². The van der Waals surface area contributed by atoms with Gasteiger partial charge in [0.15, 0.2) is 0 Å². The van der Waals surface area contributed by atoms with Crippen LogP contribution >= 0.6 is 11.6 Å². The molecule has 0 aliphatic carbocycles. The second-order valence-electron chi connectivity index (χ2n) is 4.04. The molecule has 0 saturated heterocycles. The fourth-order valence-electron chi connectivity index (χ4n) is 1.59. The van der Waals surface area contributed by atoms with Crippen LogP contribution in [0.1, 0.15) is 15.9 Å². The van der Waals surface area contributed by atoms with Crippen molar-refractivity contribution in [3.63, 3.8) is 0 Å². The van der Waals surface area contributed by atoms with Crippen LogP contribution in [0.2, 0.25) is 5.15 Å². The minimum Gasteiger partial charge on any atom is -0.508 e. The Balaban J connectivity index is 2.17. The number of nitro groups is 1. The molecule has 0 bridgehead atoms. The molecule has 1 aromatic heterocycles. The Kier molecular flexibility index (Phi) is 4.64. The average molecular weight is 321 g/mol. The number of amides is 1. The Morgan fingerprint density at radius 3 is 2.91 bits per heavy atom. The third-order valence-corrected chi connectivity index (χ3v) is 2.88. The Morgan fingerprint density at radius 2 is 2.23 bits per heavy atom. The number of aromatic hydroxyl groups is 1. The Labute approximate surface area is 129 Å². The molecule has 1 aromatic carbocycles. The molecule has 112 valence electrons. The van der Waals surface area contributed by atoms with Gasteiger partial charge in [-0.15, -0.1) is 0 Å². The van der Waals surface area contributed by atoms with Gasteiger partial charge in [-0.25, -0.2) is 10.4 Å². The van der Waals surface area contributed by atoms with E-state index < -0.39 is 10.8 Å². The first-order valence-corrected chi connectivity index (χ1v) is 6.28. The number of halogens is 1. The van der Waals surface area contributed by atoms with Crippen LogP contribution in [0, 0.1) is 10.1 Å². The van der Waals surface area contributed by atoms with E-state index in [4.69, 9.17) is 11.6 Å². The number of carbonyl (C=O) groups excluding carboxylic acids is 1. The molecular formula is C13H9ClN4O4. The van der Waals surface area contributed by atoms with E-state index in [9.17, 15) is 20.0 Å². The lowest BCUT2D eigenvalue weighted by molar-refractivity contribution is -0.385. The quantitative estimate of drug-likeness (QED) is 0.387. The van der Waals surface area contributed by atoms with Crippen LogP contribution in [-0.4, -0.2) is 27.1 Å². The number of aromatic nitrogens is 1. The zero-order valence-corrected chi connectivity index (χ0v) is 11.7. The summed E-state index contributed by atoms with van der Waals surface area (Å²) in [5.74, 6) is -0.772. The molecule has 0 radical (unpaired) electrons. The monoisotopic (exact) mass is 320 g/mol. The standard InChI is InChI=1S/C13H9ClN4O4/c14-12-10(2-1-5-15-12)13(20)17-16-7-8-6-9(19)3-4-11(8)18(21)22/h1-7,19H,(H,17,20). The summed E-state index contributed by atoms with van der Waals surface area (Å²) in [7, 11) is 0. The van der Waals surface area contributed by atoms with Crippen LogP contribution in [0.25, 0.3) is 0 Å². The fourth-order valence-corrected chi connectivity index (χ4v) is 1.79. The van der Waals surface area contributed by atoms with Gasteiger partial charge in [-0.2, -0.15) is 5.10 Å². The second-order valence-corrected chi connectivity index (χ2v) is 4.40. The maximum Gasteiger partial charge on any atom is 0.278 e. The van der Waals surface area contributed by atoms with Gasteiger partial charge in [0.1, 0.15) is 10.9 Å². The van der Waals surface area contributed by atoms with E-state index in [1.54, 1.807) is 0 Å². The van der Waals surface area contributed by atoms with Crippen LogP contribution in [0.15, 0.2) is 41.6 Å². The summed E-state index contributed by atoms with van der Waals surface area (Å²) in [6, 6.07) is 6.46. The van der Waals surface area contributed by atoms with Crippen molar-refractivity contribution in [3.05, 3.63) is 62.9 Å². The average Bonchev–Trinajstić information content (AvgIpc) is 2.47. The molecule has 9 heteroatoms. The molecule has 2 aromatic rings. The van der Waals surface area contributed by atoms with Gasteiger partial charge in [0.25, 0.3) is 11.6 Å². The Bertz CT molecular complexity index is 763. The first-order chi connectivity index (χ1) is 10.5. The van der Waals surface area contributed by atoms with Crippen LogP contribution in [0.3, 0.4) is 0 Å². The maximum atomic E-state index is 11.8. The van der Waals surface area contributed by atoms with Crippen LogP contribution in [0.4, 0.5) is 5.69 Å². The molecular weight excluding hydrogens is 312 g/mol. The van der Waals surface area contributed by atoms with Gasteiger partial charge in [-0.3, -0.25) is 14.9 Å². The predicted octanol–water partition coefficient (Wildman–Crippen LogP) is 2.11. The zero-order chi connectivity index (χ0) is 16.1. The number of benzene rings is 1. The number of pyridine rings is 1. The maximum absolute atomic E-state index is 11.8. The molecule has 2 rings (SSSR count). The largest absolute Gasteiger partial charge is 0.508 e. The number of carbonyl (C=O) groups is 1. The van der Waals surface area contributed by atoms with E-state index >= 15 is 0 Å². The summed E-state index contributed by atoms with van der Waals surface area (Å²) < 4.78 is 0. The number of hydrogen-bond donors (Lipinski definition) is 2. The molecule has 0 spiro atoms. The van der Waals surface area contributed by atoms with Crippen LogP contribution in [0.5, 0.6) is 5.75 Å². The smallest absolute Gasteiger partial charge is 0.278 e. The lowest BCUT2D eigenvalue weighted by Gasteiger charge is -2.01. The van der Waals surface area contributed by atoms with Crippen LogP contribution in [-0.2, 0) is 0 Å². The Hall–Kier alpha value is -3.00. The molecule has 0 saturated carbocycles. The highest BCUT2D eigenvalue weighted by atomic mass is 35.5. The lowest BCUT2D eigenvalue weighted by atomic mass is 10.2. The minimum absolute atomic E-state index is 0.0125. The van der Waals surface area contributed by atoms with Crippen molar-refractivity contribution < 1.29 is 14.8 Å². The molecule has 22 heavy (non-hydrogen) atoms. The third kappa shape index (κ3) is 3.55. The number of nitro benzene ring substituents is 1. The van der Waals surface area contributed by atoms with Crippen molar-refractivity contribution >= 4 is 29.4 Å². The van der Waals surface area contributed by atoms with Crippen molar-refractivity contribution in [2.45, 2.75) is 0 Å². The molecule has 1 amide bonds. The van der Waals surface area contributed by atoms with Crippen molar-refractivity contribution in [1.82, 2.24) is 10.4 Å². The summed E-state index contributed by atoms with van der Waals surface area (Å²) in [6.45, 7) is 0. The summed E-state index contributed by atoms with van der Waals surface area (Å²) >= 11 is 5.76. The summed E-state index contributed by atoms with van der Waals surface area (Å²) in [4.78, 5) is 25.8. The topological polar surface area (TPSA) is 118 Å². The van der Waals surface area contributed by atoms with E-state index in [0.29, 0.717) is 0 Å². The van der Waals surface area contributed by atoms with E-state index in [1.165, 1.54) is 24.4 Å². The lowest BCUT2D eigenvalue weighted by Crippen LogP contribution is -2.18. The number of hydrogen-bond acceptors (Lipinski definition) is 6. The summed E-state index contributed by atoms with van der Waals surface area (Å²) in [6.07, 6.45) is 2.48. The molecule has 0 aliphatic rings. The van der Waals surface area contributed by atoms with Gasteiger partial charge < -0.3 is 5.11 Å². The van der Waals surface area contributed by atoms with Gasteiger partial charge in [-0.05, 0) is 24.3 Å². The molecule has 2 N–H and O–H groups in total. The molecule has 0 fully saturated rings. The minimum atomic E-state index is -0.624. The SMILES string of the molecule is O=C(NN=Cc1cc(O)ccc1[N+](=O)[O-])c1cccnc1Cl. The van der Waals surface area contributed by atoms with Gasteiger partial charge in [0, 0.05) is 12.3 Å². The molecule has 0 atom stereocenters. The first kappa shape index (κ1) is 15.4. The number of hydrazone groups is 1. The highest BCUT2D eigenvalue weighted by Crippen LogP contribution is 2.21. The molecule has 8 nitrogen and oxygen atoms in total.